The summed E-state index contributed by atoms with van der Waals surface area (Å²) in [5.74, 6) is 1.38. The highest BCUT2D eigenvalue weighted by Crippen LogP contribution is 2.19. The maximum atomic E-state index is 12.7. The van der Waals surface area contributed by atoms with Gasteiger partial charge in [-0.2, -0.15) is 0 Å². The monoisotopic (exact) mass is 410 g/mol. The van der Waals surface area contributed by atoms with Crippen LogP contribution in [0.2, 0.25) is 0 Å². The second-order valence-electron chi connectivity index (χ2n) is 8.23. The second-order valence-corrected chi connectivity index (χ2v) is 8.23. The van der Waals surface area contributed by atoms with Crippen LogP contribution in [0.25, 0.3) is 0 Å². The number of benzene rings is 1. The van der Waals surface area contributed by atoms with Crippen molar-refractivity contribution >= 4 is 17.5 Å². The lowest BCUT2D eigenvalue weighted by Crippen LogP contribution is -2.55. The molecule has 0 radical (unpaired) electrons. The summed E-state index contributed by atoms with van der Waals surface area (Å²) in [4.78, 5) is 29.6. The molecule has 4 rings (SSSR count). The van der Waals surface area contributed by atoms with E-state index in [1.807, 2.05) is 42.2 Å². The quantitative estimate of drug-likeness (QED) is 0.733. The Morgan fingerprint density at radius 2 is 2.00 bits per heavy atom. The Hall–Kier alpha value is -2.64. The molecule has 1 atom stereocenters. The minimum absolute atomic E-state index is 0.109. The van der Waals surface area contributed by atoms with Gasteiger partial charge < -0.3 is 15.1 Å². The smallest absolute Gasteiger partial charge is 0.237 e. The van der Waals surface area contributed by atoms with Gasteiger partial charge in [-0.05, 0) is 62.7 Å². The third kappa shape index (κ3) is 5.29. The molecule has 2 amide bonds. The number of nitrogens with zero attached hydrogens (tertiary/aromatic N) is 2. The zero-order valence-corrected chi connectivity index (χ0v) is 17.5. The minimum Gasteiger partial charge on any atom is -0.465 e. The highest BCUT2D eigenvalue weighted by Gasteiger charge is 2.32. The molecule has 0 aliphatic carbocycles. The van der Waals surface area contributed by atoms with E-state index in [0.717, 1.165) is 36.8 Å². The lowest BCUT2D eigenvalue weighted by molar-refractivity contribution is -0.132. The number of hydrogen-bond acceptors (Lipinski definition) is 5. The molecule has 160 valence electrons. The fraction of sp³-hybridized carbons (Fsp3) is 0.478. The molecule has 1 unspecified atom stereocenters. The van der Waals surface area contributed by atoms with Gasteiger partial charge in [-0.25, -0.2) is 0 Å². The molecule has 2 aliphatic rings. The molecule has 3 heterocycles. The maximum Gasteiger partial charge on any atom is 0.237 e. The average Bonchev–Trinajstić information content (AvgIpc) is 3.36. The molecule has 7 heteroatoms. The van der Waals surface area contributed by atoms with Crippen LogP contribution in [0.4, 0.5) is 5.69 Å². The number of aryl methyl sites for hydroxylation is 1. The molecule has 7 nitrogen and oxygen atoms in total. The third-order valence-electron chi connectivity index (χ3n) is 5.79. The van der Waals surface area contributed by atoms with E-state index in [9.17, 15) is 9.59 Å². The average molecular weight is 411 g/mol. The van der Waals surface area contributed by atoms with Gasteiger partial charge in [0, 0.05) is 25.3 Å². The van der Waals surface area contributed by atoms with Crippen molar-refractivity contribution in [1.82, 2.24) is 15.1 Å². The van der Waals surface area contributed by atoms with Gasteiger partial charge >= 0.3 is 0 Å². The zero-order chi connectivity index (χ0) is 20.9. The molecule has 1 aromatic heterocycles. The predicted octanol–water partition coefficient (Wildman–Crippen LogP) is 2.51. The lowest BCUT2D eigenvalue weighted by atomic mass is 10.1. The molecule has 0 spiro atoms. The molecule has 30 heavy (non-hydrogen) atoms. The molecule has 2 aliphatic heterocycles. The van der Waals surface area contributed by atoms with Crippen LogP contribution in [0.1, 0.15) is 36.3 Å². The van der Waals surface area contributed by atoms with Crippen LogP contribution < -0.4 is 10.6 Å². The molecule has 0 bridgehead atoms. The Bertz CT molecular complexity index is 888. The highest BCUT2D eigenvalue weighted by atomic mass is 16.3. The van der Waals surface area contributed by atoms with E-state index in [0.29, 0.717) is 19.6 Å². The van der Waals surface area contributed by atoms with Gasteiger partial charge in [-0.1, -0.05) is 12.1 Å². The van der Waals surface area contributed by atoms with E-state index in [2.05, 4.69) is 21.6 Å². The third-order valence-corrected chi connectivity index (χ3v) is 5.79. The van der Waals surface area contributed by atoms with Crippen molar-refractivity contribution in [3.63, 3.8) is 0 Å². The number of piperazine rings is 1. The van der Waals surface area contributed by atoms with E-state index in [1.165, 1.54) is 18.4 Å². The standard InChI is InChI=1S/C23H30N4O3/c1-17-7-8-20(30-17)16-27-12-9-24-23(29)21(27)14-22(28)25-19-6-4-5-18(13-19)15-26-10-2-3-11-26/h4-8,13,21H,2-3,9-12,14-16H2,1H3,(H,24,29)(H,25,28). The number of carbonyl (C=O) groups excluding carboxylic acids is 2. The predicted molar refractivity (Wildman–Crippen MR) is 115 cm³/mol. The summed E-state index contributed by atoms with van der Waals surface area (Å²) >= 11 is 0. The maximum absolute atomic E-state index is 12.7. The van der Waals surface area contributed by atoms with Crippen LogP contribution >= 0.6 is 0 Å². The van der Waals surface area contributed by atoms with E-state index in [-0.39, 0.29) is 18.2 Å². The van der Waals surface area contributed by atoms with Gasteiger partial charge in [0.05, 0.1) is 19.0 Å². The van der Waals surface area contributed by atoms with Crippen molar-refractivity contribution < 1.29 is 14.0 Å². The summed E-state index contributed by atoms with van der Waals surface area (Å²) in [5.41, 5.74) is 1.97. The summed E-state index contributed by atoms with van der Waals surface area (Å²) < 4.78 is 5.66. The highest BCUT2D eigenvalue weighted by molar-refractivity contribution is 5.95. The van der Waals surface area contributed by atoms with Crippen LogP contribution in [-0.2, 0) is 22.7 Å². The Labute approximate surface area is 177 Å². The molecular formula is C23H30N4O3. The van der Waals surface area contributed by atoms with Crippen molar-refractivity contribution in [2.24, 2.45) is 0 Å². The molecular weight excluding hydrogens is 380 g/mol. The first kappa shape index (κ1) is 20.6. The van der Waals surface area contributed by atoms with Crippen molar-refractivity contribution in [3.8, 4) is 0 Å². The number of amides is 2. The number of rotatable bonds is 7. The number of carbonyl (C=O) groups is 2. The molecule has 2 fully saturated rings. The number of likely N-dealkylation sites (tertiary alicyclic amines) is 1. The Morgan fingerprint density at radius 1 is 1.17 bits per heavy atom. The van der Waals surface area contributed by atoms with E-state index in [1.54, 1.807) is 0 Å². The molecule has 2 saturated heterocycles. The normalized spacial score (nSPS) is 20.3. The minimum atomic E-state index is -0.503. The van der Waals surface area contributed by atoms with Crippen molar-refractivity contribution in [3.05, 3.63) is 53.5 Å². The van der Waals surface area contributed by atoms with Crippen molar-refractivity contribution in [2.45, 2.75) is 45.3 Å². The fourth-order valence-electron chi connectivity index (χ4n) is 4.28. The van der Waals surface area contributed by atoms with Crippen LogP contribution in [0, 0.1) is 6.92 Å². The Kier molecular flexibility index (Phi) is 6.50. The van der Waals surface area contributed by atoms with E-state index in [4.69, 9.17) is 4.42 Å². The van der Waals surface area contributed by atoms with Crippen molar-refractivity contribution in [1.29, 1.82) is 0 Å². The Balaban J connectivity index is 1.37. The first-order chi connectivity index (χ1) is 14.6. The summed E-state index contributed by atoms with van der Waals surface area (Å²) in [6.45, 7) is 6.87. The summed E-state index contributed by atoms with van der Waals surface area (Å²) in [7, 11) is 0. The van der Waals surface area contributed by atoms with Crippen LogP contribution in [0.3, 0.4) is 0 Å². The molecule has 1 aromatic carbocycles. The number of hydrogen-bond donors (Lipinski definition) is 2. The van der Waals surface area contributed by atoms with Crippen LogP contribution in [-0.4, -0.2) is 53.8 Å². The first-order valence-corrected chi connectivity index (χ1v) is 10.7. The van der Waals surface area contributed by atoms with Gasteiger partial charge in [-0.3, -0.25) is 19.4 Å². The van der Waals surface area contributed by atoms with E-state index >= 15 is 0 Å². The summed E-state index contributed by atoms with van der Waals surface area (Å²) in [6, 6.07) is 11.3. The molecule has 2 N–H and O–H groups in total. The molecule has 2 aromatic rings. The van der Waals surface area contributed by atoms with Crippen LogP contribution in [0.5, 0.6) is 0 Å². The lowest BCUT2D eigenvalue weighted by Gasteiger charge is -2.34. The first-order valence-electron chi connectivity index (χ1n) is 10.7. The van der Waals surface area contributed by atoms with Gasteiger partial charge in [-0.15, -0.1) is 0 Å². The fourth-order valence-corrected chi connectivity index (χ4v) is 4.28. The van der Waals surface area contributed by atoms with Gasteiger partial charge in [0.25, 0.3) is 0 Å². The van der Waals surface area contributed by atoms with Gasteiger partial charge in [0.15, 0.2) is 0 Å². The van der Waals surface area contributed by atoms with Gasteiger partial charge in [0.2, 0.25) is 11.8 Å². The summed E-state index contributed by atoms with van der Waals surface area (Å²) in [6.07, 6.45) is 2.63. The number of anilines is 1. The number of furan rings is 1. The Morgan fingerprint density at radius 3 is 2.77 bits per heavy atom. The SMILES string of the molecule is Cc1ccc(CN2CCNC(=O)C2CC(=O)Nc2cccc(CN3CCCC3)c2)o1. The van der Waals surface area contributed by atoms with Gasteiger partial charge in [0.1, 0.15) is 11.5 Å². The topological polar surface area (TPSA) is 77.8 Å². The number of nitrogens with one attached hydrogen (secondary N) is 2. The van der Waals surface area contributed by atoms with Crippen LogP contribution in [0.15, 0.2) is 40.8 Å². The molecule has 0 saturated carbocycles. The largest absolute Gasteiger partial charge is 0.465 e. The zero-order valence-electron chi connectivity index (χ0n) is 17.5. The summed E-state index contributed by atoms with van der Waals surface area (Å²) in [5, 5.41) is 5.85. The van der Waals surface area contributed by atoms with Crippen molar-refractivity contribution in [2.75, 3.05) is 31.5 Å². The van der Waals surface area contributed by atoms with E-state index < -0.39 is 6.04 Å². The second kappa shape index (κ2) is 9.45.